The van der Waals surface area contributed by atoms with Crippen molar-refractivity contribution in [1.82, 2.24) is 15.0 Å². The Hall–Kier alpha value is -6.85. The quantitative estimate of drug-likeness (QED) is 0.00809. The third kappa shape index (κ3) is 13.9. The summed E-state index contributed by atoms with van der Waals surface area (Å²) >= 11 is 1.31. The highest BCUT2D eigenvalue weighted by atomic mass is 32.3. The Morgan fingerprint density at radius 2 is 1.51 bits per heavy atom. The predicted octanol–water partition coefficient (Wildman–Crippen LogP) is 7.63. The molecular weight excluding hydrogens is 1040 g/mol. The predicted molar refractivity (Wildman–Crippen MR) is 252 cm³/mol. The Bertz CT molecular complexity index is 3390. The summed E-state index contributed by atoms with van der Waals surface area (Å²) in [6.07, 6.45) is 0. The van der Waals surface area contributed by atoms with Crippen molar-refractivity contribution in [2.75, 3.05) is 49.1 Å². The van der Waals surface area contributed by atoms with Crippen molar-refractivity contribution in [1.29, 1.82) is 0 Å². The first-order chi connectivity index (χ1) is 33.6. The minimum absolute atomic E-state index is 0.0125. The van der Waals surface area contributed by atoms with Crippen LogP contribution in [0, 0.1) is 0 Å². The Morgan fingerprint density at radius 1 is 0.817 bits per heavy atom. The molecule has 7 N–H and O–H groups in total. The number of sulfone groups is 1. The number of phenols is 2. The van der Waals surface area contributed by atoms with Gasteiger partial charge in [-0.3, -0.25) is 13.9 Å². The van der Waals surface area contributed by atoms with Crippen molar-refractivity contribution < 1.29 is 82.8 Å². The average Bonchev–Trinajstić information content (AvgIpc) is 3.31. The zero-order valence-corrected chi connectivity index (χ0v) is 40.6. The summed E-state index contributed by atoms with van der Waals surface area (Å²) in [5.41, 5.74) is -0.569. The van der Waals surface area contributed by atoms with Gasteiger partial charge in [-0.15, -0.1) is 24.8 Å². The number of carbonyl (C=O) groups is 1. The second kappa shape index (κ2) is 22.9. The molecule has 0 aliphatic rings. The van der Waals surface area contributed by atoms with Crippen LogP contribution in [0.3, 0.4) is 0 Å². The van der Waals surface area contributed by atoms with E-state index in [1.54, 1.807) is 6.92 Å². The van der Waals surface area contributed by atoms with Gasteiger partial charge in [-0.05, 0) is 73.0 Å². The number of ether oxygens (including phenoxy) is 2. The molecule has 0 atom stereocenters. The molecule has 0 unspecified atom stereocenters. The first-order valence-electron chi connectivity index (χ1n) is 19.6. The smallest absolute Gasteiger partial charge is 0.397 e. The molecule has 0 aliphatic carbocycles. The van der Waals surface area contributed by atoms with Crippen molar-refractivity contribution in [2.24, 2.45) is 20.5 Å². The lowest BCUT2D eigenvalue weighted by atomic mass is 10.1. The van der Waals surface area contributed by atoms with Crippen molar-refractivity contribution >= 4 is 117 Å². The van der Waals surface area contributed by atoms with E-state index in [1.807, 2.05) is 0 Å². The van der Waals surface area contributed by atoms with E-state index in [9.17, 15) is 49.9 Å². The van der Waals surface area contributed by atoms with E-state index in [-0.39, 0.29) is 85.0 Å². The van der Waals surface area contributed by atoms with Gasteiger partial charge >= 0.3 is 16.4 Å². The first kappa shape index (κ1) is 53.5. The van der Waals surface area contributed by atoms with Crippen molar-refractivity contribution in [3.63, 3.8) is 0 Å². The fourth-order valence-corrected chi connectivity index (χ4v) is 9.26. The van der Waals surface area contributed by atoms with Crippen LogP contribution in [0.5, 0.6) is 23.0 Å². The molecule has 0 bridgehead atoms. The van der Waals surface area contributed by atoms with Gasteiger partial charge in [0.1, 0.15) is 33.4 Å². The van der Waals surface area contributed by atoms with Crippen molar-refractivity contribution in [3.05, 3.63) is 78.9 Å². The van der Waals surface area contributed by atoms with Crippen molar-refractivity contribution in [2.45, 2.75) is 26.8 Å². The summed E-state index contributed by atoms with van der Waals surface area (Å²) in [7, 11) is -11.6. The Morgan fingerprint density at radius 3 is 2.14 bits per heavy atom. The molecule has 0 spiro atoms. The van der Waals surface area contributed by atoms with Crippen LogP contribution in [0.4, 0.5) is 46.0 Å². The molecule has 6 rings (SSSR count). The third-order valence-corrected chi connectivity index (χ3v) is 13.7. The Kier molecular flexibility index (Phi) is 17.3. The summed E-state index contributed by atoms with van der Waals surface area (Å²) in [6.45, 7) is 0.930. The number of anilines is 4. The number of methoxy groups -OCH3 is 2. The minimum Gasteiger partial charge on any atom is -0.506 e. The van der Waals surface area contributed by atoms with Gasteiger partial charge in [0.15, 0.2) is 32.2 Å². The zero-order chi connectivity index (χ0) is 51.7. The SMILES string of the molecule is CCN(c1cccc(S(=O)(=O)CCOS(=O)(=O)O)c1)c1nc(Nc2ccc3c(O)c(N=Nc4cc(OC)c(OC)cc4N=Nc4cc(SOOO)ccc4O)c(S(=O)(=O)O)cc3c2)nc(SCC(=O)O)n1. The molecule has 1 heterocycles. The maximum absolute atomic E-state index is 13.0. The average molecular weight is 1080 g/mol. The number of aromatic hydroxyl groups is 2. The zero-order valence-electron chi connectivity index (χ0n) is 36.5. The van der Waals surface area contributed by atoms with Crippen LogP contribution in [0.25, 0.3) is 10.8 Å². The van der Waals surface area contributed by atoms with Crippen LogP contribution in [0.15, 0.2) is 119 Å². The van der Waals surface area contributed by atoms with Crippen LogP contribution in [0.2, 0.25) is 0 Å². The number of rotatable bonds is 23. The molecule has 1 aromatic heterocycles. The number of hydrogen-bond acceptors (Lipinski definition) is 26. The lowest BCUT2D eigenvalue weighted by Crippen LogP contribution is -2.21. The summed E-state index contributed by atoms with van der Waals surface area (Å²) in [5, 5.41) is 62.6. The number of nitrogens with zero attached hydrogens (tertiary/aromatic N) is 8. The molecule has 376 valence electrons. The molecule has 0 saturated heterocycles. The molecule has 0 radical (unpaired) electrons. The number of carboxylic acid groups (broad SMARTS) is 1. The van der Waals surface area contributed by atoms with Crippen LogP contribution in [-0.4, -0.2) is 115 Å². The standard InChI is InChI=1S/C39H37N9O18S5/c1-4-48(23-6-5-7-25(16-23)69(54,55)13-12-64-71(59,60)61)38-41-37(42-39(43-38)67-20-34(50)51)40-22-8-10-26-21(14-22)15-33(70(56,57)58)35(36(26)52)47-45-28-19-32(63-3)31(62-2)18-27(28)44-46-29-17-24(68-66-65-53)9-11-30(29)49/h5-11,14-19,49,52-53H,4,12-13,20H2,1-3H3,(H,50,51)(H,56,57,58)(H,59,60,61)(H,40,41,42,43). The monoisotopic (exact) mass is 1080 g/mol. The van der Waals surface area contributed by atoms with E-state index < -0.39 is 70.8 Å². The second-order valence-electron chi connectivity index (χ2n) is 13.8. The van der Waals surface area contributed by atoms with Crippen LogP contribution < -0.4 is 19.7 Å². The van der Waals surface area contributed by atoms with E-state index in [0.717, 1.165) is 17.8 Å². The number of nitrogens with one attached hydrogen (secondary N) is 1. The number of benzene rings is 5. The lowest BCUT2D eigenvalue weighted by molar-refractivity contribution is -0.432. The fourth-order valence-electron chi connectivity index (χ4n) is 6.14. The molecule has 5 aromatic carbocycles. The summed E-state index contributed by atoms with van der Waals surface area (Å²) in [6, 6.07) is 17.2. The number of hydrogen-bond donors (Lipinski definition) is 7. The van der Waals surface area contributed by atoms with Gasteiger partial charge in [-0.1, -0.05) is 22.9 Å². The number of thioether (sulfide) groups is 1. The highest BCUT2D eigenvalue weighted by Crippen LogP contribution is 2.45. The first-order valence-corrected chi connectivity index (χ1v) is 25.8. The summed E-state index contributed by atoms with van der Waals surface area (Å²) < 4.78 is 112. The van der Waals surface area contributed by atoms with Crippen molar-refractivity contribution in [3.8, 4) is 23.0 Å². The van der Waals surface area contributed by atoms with E-state index in [1.165, 1.54) is 91.9 Å². The number of carboxylic acids is 1. The van der Waals surface area contributed by atoms with E-state index >= 15 is 0 Å². The normalized spacial score (nSPS) is 12.2. The van der Waals surface area contributed by atoms with Crippen LogP contribution in [0.1, 0.15) is 6.92 Å². The molecule has 27 nitrogen and oxygen atoms in total. The van der Waals surface area contributed by atoms with E-state index in [0.29, 0.717) is 16.9 Å². The number of fused-ring (bicyclic) bond motifs is 1. The molecule has 0 aliphatic heterocycles. The summed E-state index contributed by atoms with van der Waals surface area (Å²) in [4.78, 5) is 25.3. The van der Waals surface area contributed by atoms with Gasteiger partial charge in [-0.2, -0.15) is 31.8 Å². The topological polar surface area (TPSA) is 390 Å². The molecular formula is C39H37N9O18S5. The molecule has 71 heavy (non-hydrogen) atoms. The van der Waals surface area contributed by atoms with Gasteiger partial charge < -0.3 is 35.0 Å². The number of phenolic OH excluding ortho intramolecular Hbond substituents is 2. The lowest BCUT2D eigenvalue weighted by Gasteiger charge is -2.22. The Balaban J connectivity index is 1.37. The molecule has 32 heteroatoms. The van der Waals surface area contributed by atoms with Gasteiger partial charge in [0, 0.05) is 40.3 Å². The van der Waals surface area contributed by atoms with E-state index in [4.69, 9.17) is 19.3 Å². The maximum Gasteiger partial charge on any atom is 0.397 e. The molecule has 0 fully saturated rings. The van der Waals surface area contributed by atoms with Gasteiger partial charge in [0.25, 0.3) is 10.1 Å². The van der Waals surface area contributed by atoms with Crippen LogP contribution in [-0.2, 0) is 48.7 Å². The molecule has 0 amide bonds. The highest BCUT2D eigenvalue weighted by Gasteiger charge is 2.24. The van der Waals surface area contributed by atoms with Gasteiger partial charge in [0.05, 0.1) is 49.3 Å². The maximum atomic E-state index is 13.0. The number of aliphatic carboxylic acids is 1. The number of aromatic nitrogens is 3. The fraction of sp³-hybridized carbons (Fsp3) is 0.179. The largest absolute Gasteiger partial charge is 0.506 e. The minimum atomic E-state index is -5.16. The van der Waals surface area contributed by atoms with Gasteiger partial charge in [-0.25, -0.2) is 17.9 Å². The van der Waals surface area contributed by atoms with Gasteiger partial charge in [0.2, 0.25) is 11.9 Å². The molecule has 6 aromatic rings. The van der Waals surface area contributed by atoms with Crippen LogP contribution >= 0.6 is 23.8 Å². The third-order valence-electron chi connectivity index (χ3n) is 9.25. The summed E-state index contributed by atoms with van der Waals surface area (Å²) in [5.74, 6) is -3.54. The van der Waals surface area contributed by atoms with E-state index in [2.05, 4.69) is 54.3 Å². The molecule has 0 saturated carbocycles. The number of azo groups is 2. The Labute approximate surface area is 410 Å². The second-order valence-corrected chi connectivity index (χ2v) is 20.1. The highest BCUT2D eigenvalue weighted by molar-refractivity contribution is 7.99.